The van der Waals surface area contributed by atoms with E-state index in [1.165, 1.54) is 37.8 Å². The second kappa shape index (κ2) is 10.4. The van der Waals surface area contributed by atoms with Crippen LogP contribution < -0.4 is 0 Å². The van der Waals surface area contributed by atoms with Gasteiger partial charge in [0.05, 0.1) is 23.9 Å². The highest BCUT2D eigenvalue weighted by Gasteiger charge is 2.61. The van der Waals surface area contributed by atoms with Crippen LogP contribution in [0.3, 0.4) is 0 Å². The van der Waals surface area contributed by atoms with Crippen LogP contribution in [0.5, 0.6) is 0 Å². The number of aliphatic hydroxyl groups excluding tert-OH is 3. The fourth-order valence-corrected chi connectivity index (χ4v) is 10.3. The number of aliphatic hydroxyl groups is 3. The average molecular weight is 537 g/mol. The molecule has 3 nitrogen and oxygen atoms in total. The molecule has 4 aliphatic rings. The van der Waals surface area contributed by atoms with Gasteiger partial charge in [-0.05, 0) is 116 Å². The van der Waals surface area contributed by atoms with Crippen LogP contribution >= 0.6 is 0 Å². The number of alkyl halides is 3. The van der Waals surface area contributed by atoms with E-state index in [4.69, 9.17) is 0 Å². The van der Waals surface area contributed by atoms with Crippen LogP contribution in [-0.4, -0.2) is 27.5 Å². The Morgan fingerprint density at radius 1 is 0.868 bits per heavy atom. The van der Waals surface area contributed by atoms with Crippen molar-refractivity contribution in [2.24, 2.45) is 46.3 Å². The van der Waals surface area contributed by atoms with Crippen molar-refractivity contribution in [3.05, 3.63) is 35.4 Å². The highest BCUT2D eigenvalue weighted by molar-refractivity contribution is 5.31. The number of fused-ring (bicyclic) bond motifs is 5. The van der Waals surface area contributed by atoms with Crippen LogP contribution in [0.1, 0.15) is 109 Å². The predicted molar refractivity (Wildman–Crippen MR) is 142 cm³/mol. The molecule has 0 aromatic heterocycles. The van der Waals surface area contributed by atoms with Gasteiger partial charge >= 0.3 is 6.18 Å². The second-order valence-electron chi connectivity index (χ2n) is 13.9. The van der Waals surface area contributed by atoms with Crippen molar-refractivity contribution in [1.29, 1.82) is 0 Å². The first-order valence-corrected chi connectivity index (χ1v) is 15.1. The van der Waals surface area contributed by atoms with Crippen LogP contribution in [0.25, 0.3) is 0 Å². The van der Waals surface area contributed by atoms with Crippen molar-refractivity contribution in [1.82, 2.24) is 0 Å². The van der Waals surface area contributed by atoms with Crippen LogP contribution in [0.4, 0.5) is 13.2 Å². The summed E-state index contributed by atoms with van der Waals surface area (Å²) in [6.07, 6.45) is 4.04. The molecule has 0 aliphatic heterocycles. The highest BCUT2D eigenvalue weighted by atomic mass is 19.4. The summed E-state index contributed by atoms with van der Waals surface area (Å²) in [7, 11) is 0. The number of rotatable bonds is 6. The van der Waals surface area contributed by atoms with E-state index < -0.39 is 30.1 Å². The molecule has 3 N–H and O–H groups in total. The van der Waals surface area contributed by atoms with Gasteiger partial charge in [-0.3, -0.25) is 0 Å². The monoisotopic (exact) mass is 536 g/mol. The quantitative estimate of drug-likeness (QED) is 0.352. The fourth-order valence-electron chi connectivity index (χ4n) is 10.3. The first kappa shape index (κ1) is 28.4. The van der Waals surface area contributed by atoms with Gasteiger partial charge in [0.1, 0.15) is 0 Å². The van der Waals surface area contributed by atoms with Gasteiger partial charge in [0.2, 0.25) is 0 Å². The lowest BCUT2D eigenvalue weighted by molar-refractivity contribution is -0.174. The third kappa shape index (κ3) is 4.75. The summed E-state index contributed by atoms with van der Waals surface area (Å²) < 4.78 is 40.2. The Hall–Kier alpha value is -1.11. The minimum Gasteiger partial charge on any atom is -0.390 e. The van der Waals surface area contributed by atoms with E-state index in [1.807, 2.05) is 0 Å². The fraction of sp³-hybridized carbons (Fsp3) is 0.812. The molecule has 1 aromatic rings. The Labute approximate surface area is 226 Å². The van der Waals surface area contributed by atoms with E-state index in [-0.39, 0.29) is 22.3 Å². The molecule has 0 saturated heterocycles. The van der Waals surface area contributed by atoms with Gasteiger partial charge < -0.3 is 15.3 Å². The lowest BCUT2D eigenvalue weighted by Gasteiger charge is -2.62. The van der Waals surface area contributed by atoms with Gasteiger partial charge in [0.15, 0.2) is 0 Å². The molecule has 5 rings (SSSR count). The van der Waals surface area contributed by atoms with Gasteiger partial charge in [0, 0.05) is 0 Å². The average Bonchev–Trinajstić information content (AvgIpc) is 3.23. The summed E-state index contributed by atoms with van der Waals surface area (Å²) in [6.45, 7) is 7.21. The predicted octanol–water partition coefficient (Wildman–Crippen LogP) is 7.54. The molecule has 0 amide bonds. The van der Waals surface area contributed by atoms with Crippen molar-refractivity contribution in [3.8, 4) is 0 Å². The van der Waals surface area contributed by atoms with E-state index in [9.17, 15) is 28.5 Å². The summed E-state index contributed by atoms with van der Waals surface area (Å²) in [5.41, 5.74) is -0.330. The van der Waals surface area contributed by atoms with Gasteiger partial charge in [-0.15, -0.1) is 0 Å². The standard InChI is InChI=1S/C32H47F3O3/c1-19(7-6-10-27(36)21-8-4-5-9-25(21)32(33,34)35)22-13-14-23-20-11-12-26-29(38)28(37)16-18-31(26,3)24(20)15-17-30(22,23)2/h4-5,8-9,19-20,22-24,26-29,36-38H,6-7,10-18H2,1-3H3/t19-,20+,22-,23+,24+,26+,27?,28+,29-,30-,31-/m1/s1. The van der Waals surface area contributed by atoms with Crippen molar-refractivity contribution in [2.45, 2.75) is 116 Å². The maximum Gasteiger partial charge on any atom is 0.416 e. The molecular weight excluding hydrogens is 489 g/mol. The normalized spacial score (nSPS) is 42.6. The molecule has 0 spiro atoms. The lowest BCUT2D eigenvalue weighted by Crippen LogP contribution is -2.58. The molecule has 11 atom stereocenters. The summed E-state index contributed by atoms with van der Waals surface area (Å²) >= 11 is 0. The van der Waals surface area contributed by atoms with E-state index in [0.717, 1.165) is 38.2 Å². The molecule has 0 bridgehead atoms. The Kier molecular flexibility index (Phi) is 7.76. The Morgan fingerprint density at radius 3 is 2.26 bits per heavy atom. The van der Waals surface area contributed by atoms with Crippen LogP contribution in [0, 0.1) is 46.3 Å². The smallest absolute Gasteiger partial charge is 0.390 e. The lowest BCUT2D eigenvalue weighted by atomic mass is 9.44. The van der Waals surface area contributed by atoms with Crippen LogP contribution in [-0.2, 0) is 6.18 Å². The molecule has 6 heteroatoms. The molecule has 4 fully saturated rings. The third-order valence-electron chi connectivity index (χ3n) is 12.2. The molecule has 1 aromatic carbocycles. The maximum absolute atomic E-state index is 13.4. The third-order valence-corrected chi connectivity index (χ3v) is 12.2. The van der Waals surface area contributed by atoms with E-state index in [1.54, 1.807) is 6.07 Å². The number of halogens is 3. The van der Waals surface area contributed by atoms with Gasteiger partial charge in [-0.1, -0.05) is 51.8 Å². The SMILES string of the molecule is C[C@H](CCCC(O)c1ccccc1C(F)(F)F)[C@H]1CC[C@H]2[C@@H]3CC[C@H]4[C@@H](O)[C@@H](O)CC[C@]4(C)[C@H]3CC[C@]12C. The molecule has 1 unspecified atom stereocenters. The first-order valence-electron chi connectivity index (χ1n) is 15.1. The molecule has 4 saturated carbocycles. The zero-order chi connectivity index (χ0) is 27.5. The van der Waals surface area contributed by atoms with Crippen molar-refractivity contribution < 1.29 is 28.5 Å². The maximum atomic E-state index is 13.4. The Morgan fingerprint density at radius 2 is 1.53 bits per heavy atom. The number of benzene rings is 1. The Balaban J connectivity index is 1.21. The van der Waals surface area contributed by atoms with Crippen molar-refractivity contribution in [2.75, 3.05) is 0 Å². The largest absolute Gasteiger partial charge is 0.416 e. The zero-order valence-electron chi connectivity index (χ0n) is 23.3. The Bertz CT molecular complexity index is 981. The first-order chi connectivity index (χ1) is 17.9. The molecule has 0 heterocycles. The number of hydrogen-bond acceptors (Lipinski definition) is 3. The van der Waals surface area contributed by atoms with E-state index in [2.05, 4.69) is 20.8 Å². The van der Waals surface area contributed by atoms with Gasteiger partial charge in [0.25, 0.3) is 0 Å². The summed E-state index contributed by atoms with van der Waals surface area (Å²) in [4.78, 5) is 0. The number of hydrogen-bond donors (Lipinski definition) is 3. The summed E-state index contributed by atoms with van der Waals surface area (Å²) in [5.74, 6) is 3.30. The second-order valence-corrected chi connectivity index (χ2v) is 13.9. The topological polar surface area (TPSA) is 60.7 Å². The highest BCUT2D eigenvalue weighted by Crippen LogP contribution is 2.68. The molecule has 0 radical (unpaired) electrons. The van der Waals surface area contributed by atoms with Crippen molar-refractivity contribution >= 4 is 0 Å². The van der Waals surface area contributed by atoms with Crippen LogP contribution in [0.15, 0.2) is 24.3 Å². The van der Waals surface area contributed by atoms with Gasteiger partial charge in [-0.25, -0.2) is 0 Å². The molecule has 4 aliphatic carbocycles. The van der Waals surface area contributed by atoms with E-state index >= 15 is 0 Å². The van der Waals surface area contributed by atoms with Gasteiger partial charge in [-0.2, -0.15) is 13.2 Å². The molecule has 214 valence electrons. The van der Waals surface area contributed by atoms with E-state index in [0.29, 0.717) is 42.4 Å². The summed E-state index contributed by atoms with van der Waals surface area (Å²) in [6, 6.07) is 5.40. The van der Waals surface area contributed by atoms with Crippen LogP contribution in [0.2, 0.25) is 0 Å². The minimum atomic E-state index is -4.46. The van der Waals surface area contributed by atoms with Crippen molar-refractivity contribution in [3.63, 3.8) is 0 Å². The summed E-state index contributed by atoms with van der Waals surface area (Å²) in [5, 5.41) is 31.8. The minimum absolute atomic E-state index is 0.0108. The molecular formula is C32H47F3O3. The zero-order valence-corrected chi connectivity index (χ0v) is 23.3. The molecule has 38 heavy (non-hydrogen) atoms.